The number of alkyl halides is 1. The second-order valence-electron chi connectivity index (χ2n) is 4.06. The van der Waals surface area contributed by atoms with E-state index in [1.165, 1.54) is 8.61 Å². The smallest absolute Gasteiger partial charge is 0.195 e. The van der Waals surface area contributed by atoms with Crippen LogP contribution < -0.4 is 0 Å². The Morgan fingerprint density at radius 2 is 1.81 bits per heavy atom. The van der Waals surface area contributed by atoms with E-state index < -0.39 is 10.2 Å². The van der Waals surface area contributed by atoms with Crippen molar-refractivity contribution in [2.45, 2.75) is 39.7 Å². The average Bonchev–Trinajstić information content (AvgIpc) is 2.22. The molecule has 0 rings (SSSR count). The van der Waals surface area contributed by atoms with Crippen LogP contribution in [0.1, 0.15) is 33.6 Å². The Balaban J connectivity index is 4.74. The average molecular weight is 271 g/mol. The van der Waals surface area contributed by atoms with E-state index in [1.54, 1.807) is 7.05 Å². The third-order valence-electron chi connectivity index (χ3n) is 2.51. The molecule has 0 saturated carbocycles. The Morgan fingerprint density at radius 1 is 1.25 bits per heavy atom. The number of halogens is 1. The van der Waals surface area contributed by atoms with Gasteiger partial charge in [0.15, 0.2) is 0 Å². The molecular formula is C10H23ClN2O2S. The zero-order valence-electron chi connectivity index (χ0n) is 10.6. The van der Waals surface area contributed by atoms with Gasteiger partial charge in [-0.2, -0.15) is 17.0 Å². The standard InChI is InChI=1S/C10H23ClN2O2S/c1-5-6-8-13(9-7-11)16(14,15)12(4)10(2)3/h10H,5-9H2,1-4H3. The van der Waals surface area contributed by atoms with Crippen LogP contribution in [0.15, 0.2) is 0 Å². The van der Waals surface area contributed by atoms with Gasteiger partial charge in [0.05, 0.1) is 0 Å². The van der Waals surface area contributed by atoms with Crippen LogP contribution in [0.2, 0.25) is 0 Å². The topological polar surface area (TPSA) is 40.6 Å². The fraction of sp³-hybridized carbons (Fsp3) is 1.00. The van der Waals surface area contributed by atoms with Crippen LogP contribution in [-0.4, -0.2) is 49.1 Å². The molecule has 0 spiro atoms. The van der Waals surface area contributed by atoms with Crippen molar-refractivity contribution in [3.8, 4) is 0 Å². The van der Waals surface area contributed by atoms with Gasteiger partial charge < -0.3 is 0 Å². The Kier molecular flexibility index (Phi) is 7.55. The Labute approximate surface area is 105 Å². The SMILES string of the molecule is CCCCN(CCCl)S(=O)(=O)N(C)C(C)C. The minimum absolute atomic E-state index is 0.0375. The van der Waals surface area contributed by atoms with Crippen molar-refractivity contribution in [3.63, 3.8) is 0 Å². The summed E-state index contributed by atoms with van der Waals surface area (Å²) >= 11 is 5.64. The summed E-state index contributed by atoms with van der Waals surface area (Å²) in [6, 6.07) is -0.0375. The second-order valence-corrected chi connectivity index (χ2v) is 6.43. The van der Waals surface area contributed by atoms with Crippen molar-refractivity contribution < 1.29 is 8.42 Å². The van der Waals surface area contributed by atoms with Crippen LogP contribution in [0.4, 0.5) is 0 Å². The third kappa shape index (κ3) is 4.57. The molecule has 0 radical (unpaired) electrons. The van der Waals surface area contributed by atoms with Crippen LogP contribution in [0, 0.1) is 0 Å². The Hall–Kier alpha value is 0.160. The van der Waals surface area contributed by atoms with Crippen molar-refractivity contribution in [2.75, 3.05) is 26.0 Å². The summed E-state index contributed by atoms with van der Waals surface area (Å²) in [4.78, 5) is 0. The second kappa shape index (κ2) is 7.48. The van der Waals surface area contributed by atoms with E-state index in [0.717, 1.165) is 12.8 Å². The first-order chi connectivity index (χ1) is 7.37. The first-order valence-corrected chi connectivity index (χ1v) is 7.60. The predicted molar refractivity (Wildman–Crippen MR) is 69.0 cm³/mol. The molecule has 0 amide bonds. The molecule has 0 unspecified atom stereocenters. The van der Waals surface area contributed by atoms with Gasteiger partial charge in [0.1, 0.15) is 0 Å². The van der Waals surface area contributed by atoms with Crippen LogP contribution in [0.25, 0.3) is 0 Å². The maximum atomic E-state index is 12.2. The molecule has 0 N–H and O–H groups in total. The number of hydrogen-bond donors (Lipinski definition) is 0. The zero-order chi connectivity index (χ0) is 12.8. The van der Waals surface area contributed by atoms with Gasteiger partial charge in [-0.05, 0) is 20.3 Å². The molecule has 0 aliphatic rings. The van der Waals surface area contributed by atoms with Gasteiger partial charge in [-0.25, -0.2) is 0 Å². The summed E-state index contributed by atoms with van der Waals surface area (Å²) in [7, 11) is -1.75. The van der Waals surface area contributed by atoms with Crippen molar-refractivity contribution >= 4 is 21.8 Å². The van der Waals surface area contributed by atoms with Gasteiger partial charge in [0.25, 0.3) is 10.2 Å². The normalized spacial score (nSPS) is 13.0. The van der Waals surface area contributed by atoms with Crippen LogP contribution >= 0.6 is 11.6 Å². The molecule has 0 aliphatic heterocycles. The molecule has 0 fully saturated rings. The lowest BCUT2D eigenvalue weighted by Crippen LogP contribution is -2.45. The first kappa shape index (κ1) is 16.2. The zero-order valence-corrected chi connectivity index (χ0v) is 12.2. The lowest BCUT2D eigenvalue weighted by atomic mass is 10.3. The van der Waals surface area contributed by atoms with Crippen molar-refractivity contribution in [2.24, 2.45) is 0 Å². The molecule has 98 valence electrons. The lowest BCUT2D eigenvalue weighted by Gasteiger charge is -2.29. The first-order valence-electron chi connectivity index (χ1n) is 5.67. The molecule has 16 heavy (non-hydrogen) atoms. The molecule has 4 nitrogen and oxygen atoms in total. The van der Waals surface area contributed by atoms with E-state index >= 15 is 0 Å². The highest BCUT2D eigenvalue weighted by Gasteiger charge is 2.27. The molecule has 0 aliphatic carbocycles. The summed E-state index contributed by atoms with van der Waals surface area (Å²) < 4.78 is 27.2. The van der Waals surface area contributed by atoms with E-state index in [-0.39, 0.29) is 6.04 Å². The van der Waals surface area contributed by atoms with Gasteiger partial charge >= 0.3 is 0 Å². The minimum atomic E-state index is -3.35. The van der Waals surface area contributed by atoms with Gasteiger partial charge in [-0.3, -0.25) is 0 Å². The molecular weight excluding hydrogens is 248 g/mol. The van der Waals surface area contributed by atoms with Crippen molar-refractivity contribution in [3.05, 3.63) is 0 Å². The quantitative estimate of drug-likeness (QED) is 0.632. The van der Waals surface area contributed by atoms with Crippen molar-refractivity contribution in [1.82, 2.24) is 8.61 Å². The fourth-order valence-corrected chi connectivity index (χ4v) is 3.10. The summed E-state index contributed by atoms with van der Waals surface area (Å²) in [5, 5.41) is 0. The van der Waals surface area contributed by atoms with Gasteiger partial charge in [0.2, 0.25) is 0 Å². The molecule has 0 heterocycles. The van der Waals surface area contributed by atoms with Crippen LogP contribution in [0.3, 0.4) is 0 Å². The van der Waals surface area contributed by atoms with E-state index in [2.05, 4.69) is 0 Å². The highest BCUT2D eigenvalue weighted by Crippen LogP contribution is 2.11. The Morgan fingerprint density at radius 3 is 2.19 bits per heavy atom. The van der Waals surface area contributed by atoms with Crippen molar-refractivity contribution in [1.29, 1.82) is 0 Å². The monoisotopic (exact) mass is 270 g/mol. The maximum absolute atomic E-state index is 12.2. The van der Waals surface area contributed by atoms with Crippen LogP contribution in [-0.2, 0) is 10.2 Å². The Bertz CT molecular complexity index is 281. The molecule has 0 aromatic carbocycles. The molecule has 0 saturated heterocycles. The van der Waals surface area contributed by atoms with E-state index in [4.69, 9.17) is 11.6 Å². The number of rotatable bonds is 8. The highest BCUT2D eigenvalue weighted by atomic mass is 35.5. The third-order valence-corrected chi connectivity index (χ3v) is 4.85. The summed E-state index contributed by atoms with van der Waals surface area (Å²) in [5.74, 6) is 0.328. The number of unbranched alkanes of at least 4 members (excludes halogenated alkanes) is 1. The maximum Gasteiger partial charge on any atom is 0.281 e. The number of hydrogen-bond acceptors (Lipinski definition) is 2. The van der Waals surface area contributed by atoms with E-state index in [0.29, 0.717) is 19.0 Å². The van der Waals surface area contributed by atoms with E-state index in [9.17, 15) is 8.42 Å². The molecule has 0 aromatic heterocycles. The fourth-order valence-electron chi connectivity index (χ4n) is 1.22. The molecule has 6 heteroatoms. The molecule has 0 atom stereocenters. The summed E-state index contributed by atoms with van der Waals surface area (Å²) in [6.07, 6.45) is 1.84. The van der Waals surface area contributed by atoms with Gasteiger partial charge in [0, 0.05) is 32.1 Å². The lowest BCUT2D eigenvalue weighted by molar-refractivity contribution is 0.339. The van der Waals surface area contributed by atoms with Gasteiger partial charge in [-0.1, -0.05) is 13.3 Å². The van der Waals surface area contributed by atoms with E-state index in [1.807, 2.05) is 20.8 Å². The minimum Gasteiger partial charge on any atom is -0.195 e. The summed E-state index contributed by atoms with van der Waals surface area (Å²) in [6.45, 7) is 6.67. The largest absolute Gasteiger partial charge is 0.281 e. The molecule has 0 aromatic rings. The van der Waals surface area contributed by atoms with Crippen LogP contribution in [0.5, 0.6) is 0 Å². The van der Waals surface area contributed by atoms with Gasteiger partial charge in [-0.15, -0.1) is 11.6 Å². The predicted octanol–water partition coefficient (Wildman–Crippen LogP) is 1.91. The number of nitrogens with zero attached hydrogens (tertiary/aromatic N) is 2. The highest BCUT2D eigenvalue weighted by molar-refractivity contribution is 7.86. The summed E-state index contributed by atoms with van der Waals surface area (Å²) in [5.41, 5.74) is 0. The molecule has 0 bridgehead atoms.